The molecule has 8 atom stereocenters. The summed E-state index contributed by atoms with van der Waals surface area (Å²) < 4.78 is 37.8. The highest BCUT2D eigenvalue weighted by Crippen LogP contribution is 2.33. The Morgan fingerprint density at radius 1 is 0.714 bits per heavy atom. The minimum absolute atomic E-state index is 0.00338. The van der Waals surface area contributed by atoms with Crippen molar-refractivity contribution in [1.82, 2.24) is 0 Å². The monoisotopic (exact) mass is 578 g/mol. The van der Waals surface area contributed by atoms with Crippen molar-refractivity contribution in [2.75, 3.05) is 13.2 Å². The molecule has 0 unspecified atom stereocenters. The molecule has 3 aromatic rings. The first-order valence-corrected chi connectivity index (χ1v) is 14.7. The van der Waals surface area contributed by atoms with Crippen LogP contribution < -0.4 is 0 Å². The summed E-state index contributed by atoms with van der Waals surface area (Å²) in [5, 5.41) is 21.3. The van der Waals surface area contributed by atoms with Crippen molar-refractivity contribution >= 4 is 0 Å². The smallest absolute Gasteiger partial charge is 0.186 e. The van der Waals surface area contributed by atoms with E-state index in [1.165, 1.54) is 0 Å². The van der Waals surface area contributed by atoms with E-state index in [4.69, 9.17) is 28.4 Å². The highest BCUT2D eigenvalue weighted by Gasteiger charge is 2.50. The van der Waals surface area contributed by atoms with Crippen LogP contribution in [0, 0.1) is 0 Å². The lowest BCUT2D eigenvalue weighted by atomic mass is 9.94. The Bertz CT molecular complexity index is 1200. The van der Waals surface area contributed by atoms with Crippen molar-refractivity contribution in [1.29, 1.82) is 0 Å². The largest absolute Gasteiger partial charge is 0.385 e. The average Bonchev–Trinajstić information content (AvgIpc) is 3.32. The molecule has 0 amide bonds. The maximum Gasteiger partial charge on any atom is 0.186 e. The molecule has 42 heavy (non-hydrogen) atoms. The summed E-state index contributed by atoms with van der Waals surface area (Å²) in [5.41, 5.74) is 1.76. The number of ether oxygens (including phenoxy) is 6. The van der Waals surface area contributed by atoms with Gasteiger partial charge < -0.3 is 38.6 Å². The molecule has 8 nitrogen and oxygen atoms in total. The van der Waals surface area contributed by atoms with E-state index in [0.29, 0.717) is 26.2 Å². The molecule has 5 rings (SSSR count). The van der Waals surface area contributed by atoms with Gasteiger partial charge in [0.2, 0.25) is 0 Å². The van der Waals surface area contributed by atoms with Gasteiger partial charge in [0.25, 0.3) is 0 Å². The molecule has 0 saturated carbocycles. The summed E-state index contributed by atoms with van der Waals surface area (Å²) in [7, 11) is 0. The highest BCUT2D eigenvalue weighted by molar-refractivity contribution is 5.16. The molecule has 2 aliphatic rings. The summed E-state index contributed by atoms with van der Waals surface area (Å²) in [4.78, 5) is 0. The number of aliphatic hydroxyl groups is 2. The summed E-state index contributed by atoms with van der Waals surface area (Å²) in [6, 6.07) is 29.9. The van der Waals surface area contributed by atoms with Crippen LogP contribution in [0.4, 0.5) is 0 Å². The standard InChI is InChI=1S/C34H42O8/c1-3-34(36)23-41-33(32(34)35)40-22-28-30(38-20-26-15-9-5-10-16-26)31(39-21-27-17-11-6-12-18-27)29(24(2)42-28)37-19-25-13-7-4-8-14-25/h4-18,24,28-33,35-36H,3,19-23H2,1-2H3/t24-,28+,29-,30+,31+,32+,33-,34-/m0/s1. The number of hydrogen-bond acceptors (Lipinski definition) is 8. The van der Waals surface area contributed by atoms with Crippen LogP contribution in [0.3, 0.4) is 0 Å². The van der Waals surface area contributed by atoms with E-state index in [9.17, 15) is 10.2 Å². The second-order valence-electron chi connectivity index (χ2n) is 11.1. The van der Waals surface area contributed by atoms with Crippen LogP contribution in [0.15, 0.2) is 91.0 Å². The van der Waals surface area contributed by atoms with E-state index in [1.54, 1.807) is 6.92 Å². The van der Waals surface area contributed by atoms with Crippen LogP contribution in [-0.4, -0.2) is 71.9 Å². The molecule has 0 aliphatic carbocycles. The van der Waals surface area contributed by atoms with Crippen LogP contribution in [0.1, 0.15) is 37.0 Å². The third-order valence-electron chi connectivity index (χ3n) is 8.06. The van der Waals surface area contributed by atoms with Gasteiger partial charge in [-0.15, -0.1) is 0 Å². The fraction of sp³-hybridized carbons (Fsp3) is 0.471. The molecular formula is C34H42O8. The minimum atomic E-state index is -1.34. The zero-order chi connectivity index (χ0) is 29.4. The predicted molar refractivity (Wildman–Crippen MR) is 156 cm³/mol. The lowest BCUT2D eigenvalue weighted by Gasteiger charge is -2.45. The van der Waals surface area contributed by atoms with Crippen LogP contribution in [-0.2, 0) is 48.2 Å². The molecule has 0 radical (unpaired) electrons. The number of aliphatic hydroxyl groups excluding tert-OH is 1. The van der Waals surface area contributed by atoms with Gasteiger partial charge in [-0.05, 0) is 30.0 Å². The van der Waals surface area contributed by atoms with Crippen LogP contribution in [0.2, 0.25) is 0 Å². The molecule has 0 spiro atoms. The summed E-state index contributed by atoms with van der Waals surface area (Å²) in [6.45, 7) is 4.95. The van der Waals surface area contributed by atoms with Crippen molar-refractivity contribution in [3.63, 3.8) is 0 Å². The molecule has 226 valence electrons. The topological polar surface area (TPSA) is 95.8 Å². The van der Waals surface area contributed by atoms with Gasteiger partial charge in [0.15, 0.2) is 6.29 Å². The lowest BCUT2D eigenvalue weighted by Crippen LogP contribution is -2.60. The Morgan fingerprint density at radius 3 is 1.67 bits per heavy atom. The van der Waals surface area contributed by atoms with Crippen molar-refractivity contribution in [2.45, 2.75) is 88.6 Å². The van der Waals surface area contributed by atoms with Gasteiger partial charge in [0, 0.05) is 0 Å². The third kappa shape index (κ3) is 7.64. The number of benzene rings is 3. The molecule has 0 aromatic heterocycles. The molecule has 2 aliphatic heterocycles. The molecule has 0 bridgehead atoms. The molecule has 2 N–H and O–H groups in total. The van der Waals surface area contributed by atoms with E-state index < -0.39 is 42.4 Å². The van der Waals surface area contributed by atoms with Crippen molar-refractivity contribution in [2.24, 2.45) is 0 Å². The lowest BCUT2D eigenvalue weighted by molar-refractivity contribution is -0.278. The molecule has 8 heteroatoms. The van der Waals surface area contributed by atoms with E-state index in [1.807, 2.05) is 97.9 Å². The second kappa shape index (κ2) is 14.7. The van der Waals surface area contributed by atoms with Gasteiger partial charge in [-0.25, -0.2) is 0 Å². The first-order chi connectivity index (χ1) is 20.5. The molecular weight excluding hydrogens is 536 g/mol. The predicted octanol–water partition coefficient (Wildman–Crippen LogP) is 4.40. The fourth-order valence-corrected chi connectivity index (χ4v) is 5.45. The molecule has 2 fully saturated rings. The van der Waals surface area contributed by atoms with Crippen LogP contribution in [0.5, 0.6) is 0 Å². The Hall–Kier alpha value is -2.66. The average molecular weight is 579 g/mol. The zero-order valence-electron chi connectivity index (χ0n) is 24.3. The van der Waals surface area contributed by atoms with Crippen molar-refractivity contribution < 1.29 is 38.6 Å². The van der Waals surface area contributed by atoms with Crippen LogP contribution >= 0.6 is 0 Å². The number of rotatable bonds is 13. The first-order valence-electron chi connectivity index (χ1n) is 14.7. The summed E-state index contributed by atoms with van der Waals surface area (Å²) in [5.74, 6) is 0. The third-order valence-corrected chi connectivity index (χ3v) is 8.06. The molecule has 2 saturated heterocycles. The van der Waals surface area contributed by atoms with Crippen molar-refractivity contribution in [3.8, 4) is 0 Å². The maximum absolute atomic E-state index is 10.7. The van der Waals surface area contributed by atoms with E-state index in [0.717, 1.165) is 16.7 Å². The van der Waals surface area contributed by atoms with E-state index in [2.05, 4.69) is 0 Å². The summed E-state index contributed by atoms with van der Waals surface area (Å²) >= 11 is 0. The first kappa shape index (κ1) is 30.8. The zero-order valence-corrected chi connectivity index (χ0v) is 24.3. The second-order valence-corrected chi connectivity index (χ2v) is 11.1. The molecule has 3 aromatic carbocycles. The van der Waals surface area contributed by atoms with Gasteiger partial charge in [0.1, 0.15) is 36.1 Å². The molecule has 2 heterocycles. The van der Waals surface area contributed by atoms with E-state index >= 15 is 0 Å². The van der Waals surface area contributed by atoms with Crippen LogP contribution in [0.25, 0.3) is 0 Å². The minimum Gasteiger partial charge on any atom is -0.385 e. The quantitative estimate of drug-likeness (QED) is 0.308. The summed E-state index contributed by atoms with van der Waals surface area (Å²) in [6.07, 6.45) is -4.16. The van der Waals surface area contributed by atoms with Gasteiger partial charge in [-0.1, -0.05) is 97.9 Å². The number of hydrogen-bond donors (Lipinski definition) is 2. The van der Waals surface area contributed by atoms with Gasteiger partial charge in [0.05, 0.1) is 39.1 Å². The van der Waals surface area contributed by atoms with E-state index in [-0.39, 0.29) is 19.3 Å². The van der Waals surface area contributed by atoms with Gasteiger partial charge in [-0.3, -0.25) is 0 Å². The SMILES string of the molecule is CC[C@]1(O)CO[C@H](OC[C@H]2O[C@@H](C)[C@H](OCc3ccccc3)[C@@H](OCc3ccccc3)[C@@H]2OCc2ccccc2)[C@H]1O. The Balaban J connectivity index is 1.37. The normalized spacial score (nSPS) is 31.3. The Kier molecular flexibility index (Phi) is 10.8. The fourth-order valence-electron chi connectivity index (χ4n) is 5.45. The van der Waals surface area contributed by atoms with Gasteiger partial charge in [-0.2, -0.15) is 0 Å². The van der Waals surface area contributed by atoms with Crippen molar-refractivity contribution in [3.05, 3.63) is 108 Å². The Morgan fingerprint density at radius 2 is 1.19 bits per heavy atom. The van der Waals surface area contributed by atoms with Gasteiger partial charge >= 0.3 is 0 Å². The Labute approximate surface area is 248 Å². The maximum atomic E-state index is 10.7. The highest BCUT2D eigenvalue weighted by atomic mass is 16.7.